The Morgan fingerprint density at radius 1 is 1.19 bits per heavy atom. The van der Waals surface area contributed by atoms with Gasteiger partial charge in [-0.05, 0) is 18.7 Å². The summed E-state index contributed by atoms with van der Waals surface area (Å²) in [7, 11) is 3.18. The highest BCUT2D eigenvalue weighted by molar-refractivity contribution is 5.91. The Balaban J connectivity index is 2.02. The second-order valence-corrected chi connectivity index (χ2v) is 4.92. The van der Waals surface area contributed by atoms with Crippen molar-refractivity contribution in [1.29, 1.82) is 0 Å². The summed E-state index contributed by atoms with van der Waals surface area (Å²) in [5, 5.41) is 2.90. The molecule has 1 aliphatic rings. The number of nitrogens with one attached hydrogen (secondary N) is 1. The van der Waals surface area contributed by atoms with Gasteiger partial charge in [-0.2, -0.15) is 0 Å². The second-order valence-electron chi connectivity index (χ2n) is 4.92. The van der Waals surface area contributed by atoms with Crippen molar-refractivity contribution in [1.82, 2.24) is 9.80 Å². The maximum absolute atomic E-state index is 12.3. The molecule has 0 aliphatic carbocycles. The molecule has 116 valence electrons. The molecule has 0 radical (unpaired) electrons. The van der Waals surface area contributed by atoms with Crippen molar-refractivity contribution in [2.45, 2.75) is 6.92 Å². The van der Waals surface area contributed by atoms with E-state index in [-0.39, 0.29) is 6.03 Å². The molecular weight excluding hydrogens is 270 g/mol. The van der Waals surface area contributed by atoms with Crippen LogP contribution in [0.25, 0.3) is 0 Å². The van der Waals surface area contributed by atoms with E-state index in [1.807, 2.05) is 4.90 Å². The van der Waals surface area contributed by atoms with Gasteiger partial charge in [0.15, 0.2) is 0 Å². The molecule has 2 rings (SSSR count). The van der Waals surface area contributed by atoms with Crippen LogP contribution < -0.4 is 14.8 Å². The van der Waals surface area contributed by atoms with Crippen LogP contribution in [-0.4, -0.2) is 62.8 Å². The van der Waals surface area contributed by atoms with Gasteiger partial charge in [0, 0.05) is 32.2 Å². The fourth-order valence-corrected chi connectivity index (χ4v) is 2.37. The Morgan fingerprint density at radius 3 is 2.48 bits per heavy atom. The van der Waals surface area contributed by atoms with Crippen LogP contribution in [0.5, 0.6) is 11.5 Å². The van der Waals surface area contributed by atoms with E-state index in [2.05, 4.69) is 17.1 Å². The number of carbonyl (C=O) groups excluding carboxylic acids is 1. The van der Waals surface area contributed by atoms with Gasteiger partial charge in [-0.15, -0.1) is 0 Å². The Morgan fingerprint density at radius 2 is 1.90 bits per heavy atom. The highest BCUT2D eigenvalue weighted by atomic mass is 16.5. The molecule has 0 bridgehead atoms. The van der Waals surface area contributed by atoms with Crippen molar-refractivity contribution in [3.8, 4) is 11.5 Å². The van der Waals surface area contributed by atoms with E-state index in [0.29, 0.717) is 17.2 Å². The summed E-state index contributed by atoms with van der Waals surface area (Å²) >= 11 is 0. The normalized spacial score (nSPS) is 15.7. The van der Waals surface area contributed by atoms with Crippen LogP contribution >= 0.6 is 0 Å². The molecule has 21 heavy (non-hydrogen) atoms. The molecule has 6 heteroatoms. The van der Waals surface area contributed by atoms with Gasteiger partial charge in [0.2, 0.25) is 0 Å². The maximum atomic E-state index is 12.3. The number of hydrogen-bond donors (Lipinski definition) is 1. The monoisotopic (exact) mass is 293 g/mol. The van der Waals surface area contributed by atoms with E-state index in [1.54, 1.807) is 32.4 Å². The molecule has 1 saturated heterocycles. The van der Waals surface area contributed by atoms with E-state index in [4.69, 9.17) is 9.47 Å². The fourth-order valence-electron chi connectivity index (χ4n) is 2.37. The third-order valence-corrected chi connectivity index (χ3v) is 3.75. The molecule has 1 aliphatic heterocycles. The number of piperazine rings is 1. The van der Waals surface area contributed by atoms with Gasteiger partial charge < -0.3 is 24.6 Å². The molecule has 0 spiro atoms. The van der Waals surface area contributed by atoms with Crippen LogP contribution in [0.3, 0.4) is 0 Å². The third-order valence-electron chi connectivity index (χ3n) is 3.75. The number of methoxy groups -OCH3 is 2. The van der Waals surface area contributed by atoms with Crippen molar-refractivity contribution < 1.29 is 14.3 Å². The number of ether oxygens (including phenoxy) is 2. The topological polar surface area (TPSA) is 54.0 Å². The predicted octanol–water partition coefficient (Wildman–Crippen LogP) is 1.87. The summed E-state index contributed by atoms with van der Waals surface area (Å²) in [4.78, 5) is 16.5. The van der Waals surface area contributed by atoms with Crippen LogP contribution in [0.4, 0.5) is 10.5 Å². The minimum Gasteiger partial charge on any atom is -0.497 e. The summed E-state index contributed by atoms with van der Waals surface area (Å²) in [6.45, 7) is 6.48. The minimum absolute atomic E-state index is 0.0997. The quantitative estimate of drug-likeness (QED) is 0.921. The lowest BCUT2D eigenvalue weighted by Gasteiger charge is -2.34. The first-order valence-corrected chi connectivity index (χ1v) is 7.18. The highest BCUT2D eigenvalue weighted by Crippen LogP contribution is 2.29. The molecule has 1 fully saturated rings. The summed E-state index contributed by atoms with van der Waals surface area (Å²) in [5.41, 5.74) is 0.625. The highest BCUT2D eigenvalue weighted by Gasteiger charge is 2.21. The zero-order valence-electron chi connectivity index (χ0n) is 12.9. The number of anilines is 1. The zero-order valence-corrected chi connectivity index (χ0v) is 12.9. The number of carbonyl (C=O) groups is 1. The van der Waals surface area contributed by atoms with E-state index >= 15 is 0 Å². The molecule has 1 aromatic carbocycles. The lowest BCUT2D eigenvalue weighted by atomic mass is 10.2. The Bertz CT molecular complexity index is 485. The van der Waals surface area contributed by atoms with Crippen LogP contribution in [-0.2, 0) is 0 Å². The average molecular weight is 293 g/mol. The van der Waals surface area contributed by atoms with Crippen LogP contribution in [0, 0.1) is 0 Å². The van der Waals surface area contributed by atoms with Crippen LogP contribution in [0.15, 0.2) is 18.2 Å². The molecule has 6 nitrogen and oxygen atoms in total. The summed E-state index contributed by atoms with van der Waals surface area (Å²) in [5.74, 6) is 1.30. The van der Waals surface area contributed by atoms with Gasteiger partial charge in [-0.25, -0.2) is 4.79 Å². The van der Waals surface area contributed by atoms with Gasteiger partial charge >= 0.3 is 6.03 Å². The maximum Gasteiger partial charge on any atom is 0.322 e. The number of urea groups is 1. The van der Waals surface area contributed by atoms with Crippen molar-refractivity contribution in [3.63, 3.8) is 0 Å². The average Bonchev–Trinajstić information content (AvgIpc) is 2.54. The number of nitrogens with zero attached hydrogens (tertiary/aromatic N) is 2. The Labute approximate surface area is 125 Å². The summed E-state index contributed by atoms with van der Waals surface area (Å²) in [6.07, 6.45) is 0. The molecule has 0 aromatic heterocycles. The number of hydrogen-bond acceptors (Lipinski definition) is 4. The predicted molar refractivity (Wildman–Crippen MR) is 82.3 cm³/mol. The van der Waals surface area contributed by atoms with Gasteiger partial charge in [-0.1, -0.05) is 6.92 Å². The van der Waals surface area contributed by atoms with Crippen LogP contribution in [0.1, 0.15) is 6.92 Å². The molecule has 1 heterocycles. The molecule has 1 N–H and O–H groups in total. The first-order valence-electron chi connectivity index (χ1n) is 7.18. The molecule has 2 amide bonds. The Hall–Kier alpha value is -1.95. The van der Waals surface area contributed by atoms with Crippen molar-refractivity contribution in [2.24, 2.45) is 0 Å². The molecule has 1 aromatic rings. The SMILES string of the molecule is CCN1CCN(C(=O)Nc2cc(OC)ccc2OC)CC1. The first-order chi connectivity index (χ1) is 10.2. The van der Waals surface area contributed by atoms with E-state index < -0.39 is 0 Å². The first kappa shape index (κ1) is 15.4. The molecule has 0 unspecified atom stereocenters. The number of likely N-dealkylation sites (N-methyl/N-ethyl adjacent to an activating group) is 1. The van der Waals surface area contributed by atoms with E-state index in [1.165, 1.54) is 0 Å². The van der Waals surface area contributed by atoms with Crippen molar-refractivity contribution in [2.75, 3.05) is 52.3 Å². The molecule has 0 atom stereocenters. The van der Waals surface area contributed by atoms with Crippen LogP contribution in [0.2, 0.25) is 0 Å². The van der Waals surface area contributed by atoms with Crippen molar-refractivity contribution >= 4 is 11.7 Å². The van der Waals surface area contributed by atoms with E-state index in [0.717, 1.165) is 32.7 Å². The second kappa shape index (κ2) is 7.17. The van der Waals surface area contributed by atoms with Gasteiger partial charge in [0.05, 0.1) is 19.9 Å². The lowest BCUT2D eigenvalue weighted by Crippen LogP contribution is -2.49. The zero-order chi connectivity index (χ0) is 15.2. The summed E-state index contributed by atoms with van der Waals surface area (Å²) < 4.78 is 10.5. The fraction of sp³-hybridized carbons (Fsp3) is 0.533. The molecular formula is C15H23N3O3. The lowest BCUT2D eigenvalue weighted by molar-refractivity contribution is 0.151. The standard InChI is InChI=1S/C15H23N3O3/c1-4-17-7-9-18(10-8-17)15(19)16-13-11-12(20-2)5-6-14(13)21-3/h5-6,11H,4,7-10H2,1-3H3,(H,16,19). The van der Waals surface area contributed by atoms with Gasteiger partial charge in [0.1, 0.15) is 11.5 Å². The number of rotatable bonds is 4. The number of benzene rings is 1. The number of amides is 2. The van der Waals surface area contributed by atoms with E-state index in [9.17, 15) is 4.79 Å². The van der Waals surface area contributed by atoms with Gasteiger partial charge in [0.25, 0.3) is 0 Å². The summed E-state index contributed by atoms with van der Waals surface area (Å²) in [6, 6.07) is 5.24. The largest absolute Gasteiger partial charge is 0.497 e. The Kier molecular flexibility index (Phi) is 5.27. The minimum atomic E-state index is -0.0997. The third kappa shape index (κ3) is 3.78. The van der Waals surface area contributed by atoms with Crippen molar-refractivity contribution in [3.05, 3.63) is 18.2 Å². The van der Waals surface area contributed by atoms with Gasteiger partial charge in [-0.3, -0.25) is 0 Å². The molecule has 0 saturated carbocycles. The smallest absolute Gasteiger partial charge is 0.322 e.